The number of fused-ring (bicyclic) bond motifs is 1. The van der Waals surface area contributed by atoms with Crippen molar-refractivity contribution in [1.82, 2.24) is 0 Å². The Hall–Kier alpha value is -0.0231. The topological polar surface area (TPSA) is 66.4 Å². The van der Waals surface area contributed by atoms with E-state index >= 15 is 0 Å². The van der Waals surface area contributed by atoms with Crippen LogP contribution in [0, 0.1) is 0 Å². The predicted molar refractivity (Wildman–Crippen MR) is 88.7 cm³/mol. The Bertz CT molecular complexity index is 419. The zero-order valence-electron chi connectivity index (χ0n) is 15.6. The number of hydrogen-bond donors (Lipinski definition) is 1. The van der Waals surface area contributed by atoms with Crippen LogP contribution in [0.4, 0.5) is 0 Å². The first-order valence-corrected chi connectivity index (χ1v) is 11.2. The summed E-state index contributed by atoms with van der Waals surface area (Å²) in [7, 11) is -0.461. The number of ether oxygens (including phenoxy) is 4. The number of methoxy groups -OCH3 is 1. The highest BCUT2D eigenvalue weighted by molar-refractivity contribution is 6.74. The molecule has 7 heteroatoms. The molecule has 2 saturated heterocycles. The molecule has 6 nitrogen and oxygen atoms in total. The minimum atomic E-state index is -2.05. The molecule has 0 aromatic carbocycles. The van der Waals surface area contributed by atoms with Gasteiger partial charge in [0.25, 0.3) is 0 Å². The third kappa shape index (κ3) is 3.81. The highest BCUT2D eigenvalue weighted by atomic mass is 28.4. The first-order valence-electron chi connectivity index (χ1n) is 8.24. The number of aliphatic hydroxyl groups excluding tert-OH is 1. The van der Waals surface area contributed by atoms with Gasteiger partial charge in [-0.25, -0.2) is 0 Å². The minimum Gasteiger partial charge on any atom is -0.406 e. The summed E-state index contributed by atoms with van der Waals surface area (Å²) < 4.78 is 30.0. The van der Waals surface area contributed by atoms with Crippen LogP contribution in [0.5, 0.6) is 0 Å². The van der Waals surface area contributed by atoms with E-state index in [0.717, 1.165) is 0 Å². The lowest BCUT2D eigenvalue weighted by Gasteiger charge is -2.46. The molecule has 0 amide bonds. The molecule has 0 aromatic heterocycles. The van der Waals surface area contributed by atoms with Crippen LogP contribution in [0.1, 0.15) is 34.6 Å². The molecule has 23 heavy (non-hydrogen) atoms. The summed E-state index contributed by atoms with van der Waals surface area (Å²) in [6.07, 6.45) is -2.13. The van der Waals surface area contributed by atoms with Gasteiger partial charge in [-0.15, -0.1) is 0 Å². The molecule has 5 atom stereocenters. The smallest absolute Gasteiger partial charge is 0.192 e. The van der Waals surface area contributed by atoms with Gasteiger partial charge in [-0.2, -0.15) is 0 Å². The van der Waals surface area contributed by atoms with Gasteiger partial charge in [0, 0.05) is 7.11 Å². The van der Waals surface area contributed by atoms with Crippen LogP contribution >= 0.6 is 0 Å². The molecule has 1 N–H and O–H groups in total. The Kier molecular flexibility index (Phi) is 5.34. The maximum atomic E-state index is 9.62. The highest BCUT2D eigenvalue weighted by Gasteiger charge is 2.57. The summed E-state index contributed by atoms with van der Waals surface area (Å²) in [6, 6.07) is 0. The zero-order chi connectivity index (χ0) is 17.6. The number of aliphatic hydroxyl groups is 1. The van der Waals surface area contributed by atoms with Crippen molar-refractivity contribution in [2.24, 2.45) is 0 Å². The normalized spacial score (nSPS) is 37.7. The van der Waals surface area contributed by atoms with Gasteiger partial charge in [-0.1, -0.05) is 20.8 Å². The molecule has 0 unspecified atom stereocenters. The molecule has 0 spiro atoms. The van der Waals surface area contributed by atoms with Gasteiger partial charge in [0.2, 0.25) is 0 Å². The van der Waals surface area contributed by atoms with E-state index in [4.69, 9.17) is 23.4 Å². The lowest BCUT2D eigenvalue weighted by molar-refractivity contribution is -0.270. The molecule has 136 valence electrons. The average Bonchev–Trinajstić information content (AvgIpc) is 2.73. The molecule has 0 bridgehead atoms. The Morgan fingerprint density at radius 3 is 2.17 bits per heavy atom. The lowest BCUT2D eigenvalue weighted by Crippen LogP contribution is -2.61. The van der Waals surface area contributed by atoms with Gasteiger partial charge in [-0.05, 0) is 32.0 Å². The van der Waals surface area contributed by atoms with Crippen molar-refractivity contribution in [1.29, 1.82) is 0 Å². The third-order valence-corrected chi connectivity index (χ3v) is 9.55. The summed E-state index contributed by atoms with van der Waals surface area (Å²) >= 11 is 0. The van der Waals surface area contributed by atoms with E-state index in [1.807, 2.05) is 13.8 Å². The van der Waals surface area contributed by atoms with Crippen LogP contribution in [0.2, 0.25) is 18.1 Å². The molecule has 2 rings (SSSR count). The van der Waals surface area contributed by atoms with Gasteiger partial charge in [0.1, 0.15) is 24.4 Å². The van der Waals surface area contributed by atoms with E-state index in [-0.39, 0.29) is 30.0 Å². The lowest BCUT2D eigenvalue weighted by atomic mass is 9.99. The fraction of sp³-hybridized carbons (Fsp3) is 1.00. The van der Waals surface area contributed by atoms with Gasteiger partial charge >= 0.3 is 0 Å². The van der Waals surface area contributed by atoms with Crippen LogP contribution in [-0.2, 0) is 23.4 Å². The zero-order valence-corrected chi connectivity index (χ0v) is 16.6. The first kappa shape index (κ1) is 19.3. The molecular weight excluding hydrogens is 316 g/mol. The fourth-order valence-corrected chi connectivity index (χ4v) is 4.10. The van der Waals surface area contributed by atoms with Gasteiger partial charge in [0.15, 0.2) is 20.4 Å². The third-order valence-electron chi connectivity index (χ3n) is 5.08. The van der Waals surface area contributed by atoms with Crippen LogP contribution in [-0.4, -0.2) is 63.6 Å². The van der Waals surface area contributed by atoms with Gasteiger partial charge in [0.05, 0.1) is 6.61 Å². The molecule has 2 fully saturated rings. The van der Waals surface area contributed by atoms with Crippen molar-refractivity contribution >= 4 is 8.32 Å². The van der Waals surface area contributed by atoms with Crippen LogP contribution in [0.3, 0.4) is 0 Å². The molecule has 0 aromatic rings. The van der Waals surface area contributed by atoms with Crippen molar-refractivity contribution in [3.8, 4) is 0 Å². The molecule has 2 aliphatic rings. The summed E-state index contributed by atoms with van der Waals surface area (Å²) in [6.45, 7) is 14.5. The van der Waals surface area contributed by atoms with E-state index in [2.05, 4.69) is 33.9 Å². The van der Waals surface area contributed by atoms with Crippen molar-refractivity contribution in [2.75, 3.05) is 13.7 Å². The minimum absolute atomic E-state index is 0.0591. The van der Waals surface area contributed by atoms with Crippen LogP contribution in [0.15, 0.2) is 0 Å². The molecule has 0 saturated carbocycles. The highest BCUT2D eigenvalue weighted by Crippen LogP contribution is 2.43. The SMILES string of the molecule is CO[C@@H]1O[C@H](CO)[C@@H]2OC(C)(C)O[C@H]2[C@H]1O[Si](C)(C)C(C)(C)C. The Balaban J connectivity index is 2.28. The van der Waals surface area contributed by atoms with E-state index in [1.54, 1.807) is 7.11 Å². The summed E-state index contributed by atoms with van der Waals surface area (Å²) in [5.74, 6) is -0.732. The second-order valence-corrected chi connectivity index (χ2v) is 13.1. The van der Waals surface area contributed by atoms with E-state index in [0.29, 0.717) is 0 Å². The average molecular weight is 349 g/mol. The van der Waals surface area contributed by atoms with Crippen LogP contribution < -0.4 is 0 Å². The molecule has 2 heterocycles. The van der Waals surface area contributed by atoms with Crippen molar-refractivity contribution < 1.29 is 28.5 Å². The first-order chi connectivity index (χ1) is 10.4. The van der Waals surface area contributed by atoms with Gasteiger partial charge < -0.3 is 28.5 Å². The Morgan fingerprint density at radius 2 is 1.70 bits per heavy atom. The maximum absolute atomic E-state index is 9.62. The molecule has 0 aliphatic carbocycles. The second kappa shape index (κ2) is 6.37. The van der Waals surface area contributed by atoms with E-state index < -0.39 is 26.5 Å². The molecular formula is C16H32O6Si. The summed E-state index contributed by atoms with van der Waals surface area (Å²) in [5, 5.41) is 9.68. The van der Waals surface area contributed by atoms with Crippen molar-refractivity contribution in [3.63, 3.8) is 0 Å². The maximum Gasteiger partial charge on any atom is 0.192 e. The largest absolute Gasteiger partial charge is 0.406 e. The van der Waals surface area contributed by atoms with Gasteiger partial charge in [-0.3, -0.25) is 0 Å². The van der Waals surface area contributed by atoms with Crippen LogP contribution in [0.25, 0.3) is 0 Å². The Labute approximate surface area is 140 Å². The number of rotatable bonds is 4. The molecule has 2 aliphatic heterocycles. The standard InChI is InChI=1S/C16H32O6Si/c1-15(2,3)23(7,8)22-13-12-11(20-16(4,5)21-12)10(9-17)19-14(13)18-6/h10-14,17H,9H2,1-8H3/t10-,11+,12-,13-,14-/m1/s1. The predicted octanol–water partition coefficient (Wildman–Crippen LogP) is 2.26. The monoisotopic (exact) mass is 348 g/mol. The quantitative estimate of drug-likeness (QED) is 0.786. The van der Waals surface area contributed by atoms with Crippen molar-refractivity contribution in [3.05, 3.63) is 0 Å². The second-order valence-electron chi connectivity index (χ2n) is 8.37. The summed E-state index contributed by atoms with van der Waals surface area (Å²) in [5.41, 5.74) is 0. The number of hydrogen-bond acceptors (Lipinski definition) is 6. The fourth-order valence-electron chi connectivity index (χ4n) is 2.82. The Morgan fingerprint density at radius 1 is 1.13 bits per heavy atom. The van der Waals surface area contributed by atoms with E-state index in [9.17, 15) is 5.11 Å². The van der Waals surface area contributed by atoms with Crippen molar-refractivity contribution in [2.45, 2.75) is 89.2 Å². The summed E-state index contributed by atoms with van der Waals surface area (Å²) in [4.78, 5) is 0. The molecule has 0 radical (unpaired) electrons. The van der Waals surface area contributed by atoms with E-state index in [1.165, 1.54) is 0 Å².